The van der Waals surface area contributed by atoms with Crippen LogP contribution in [-0.2, 0) is 10.2 Å². The largest absolute Gasteiger partial charge is 0.351 e. The first kappa shape index (κ1) is 18.2. The van der Waals surface area contributed by atoms with Crippen LogP contribution in [0.3, 0.4) is 0 Å². The molecule has 5 heteroatoms. The van der Waals surface area contributed by atoms with Crippen molar-refractivity contribution in [3.05, 3.63) is 35.6 Å². The quantitative estimate of drug-likeness (QED) is 0.886. The molecule has 0 aromatic heterocycles. The van der Waals surface area contributed by atoms with Gasteiger partial charge in [0.15, 0.2) is 0 Å². The zero-order valence-corrected chi connectivity index (χ0v) is 14.4. The lowest BCUT2D eigenvalue weighted by Gasteiger charge is -2.35. The second-order valence-electron chi connectivity index (χ2n) is 6.76. The van der Waals surface area contributed by atoms with Crippen LogP contribution in [0, 0.1) is 5.82 Å². The SMILES string of the molecule is CC1NCCCC1NC(=O)C1(c2ccc(F)cc2)CCCC1.Cl. The van der Waals surface area contributed by atoms with E-state index in [0.29, 0.717) is 6.04 Å². The Bertz CT molecular complexity index is 528. The van der Waals surface area contributed by atoms with Gasteiger partial charge in [-0.15, -0.1) is 12.4 Å². The predicted molar refractivity (Wildman–Crippen MR) is 92.4 cm³/mol. The number of hydrogen-bond donors (Lipinski definition) is 2. The summed E-state index contributed by atoms with van der Waals surface area (Å²) >= 11 is 0. The van der Waals surface area contributed by atoms with E-state index < -0.39 is 5.41 Å². The molecule has 1 saturated carbocycles. The van der Waals surface area contributed by atoms with Crippen molar-refractivity contribution in [2.75, 3.05) is 6.54 Å². The van der Waals surface area contributed by atoms with E-state index in [9.17, 15) is 9.18 Å². The number of halogens is 2. The minimum Gasteiger partial charge on any atom is -0.351 e. The molecule has 128 valence electrons. The smallest absolute Gasteiger partial charge is 0.230 e. The minimum atomic E-state index is -0.467. The number of rotatable bonds is 3. The highest BCUT2D eigenvalue weighted by Gasteiger charge is 2.43. The molecule has 1 saturated heterocycles. The number of hydrogen-bond acceptors (Lipinski definition) is 2. The Morgan fingerprint density at radius 2 is 1.87 bits per heavy atom. The standard InChI is InChI=1S/C18H25FN2O.ClH/c1-13-16(5-4-12-20-13)21-17(22)18(10-2-3-11-18)14-6-8-15(19)9-7-14;/h6-9,13,16,20H,2-5,10-12H2,1H3,(H,21,22);1H. The molecule has 2 aliphatic rings. The first-order valence-electron chi connectivity index (χ1n) is 8.42. The predicted octanol–water partition coefficient (Wildman–Crippen LogP) is 3.32. The van der Waals surface area contributed by atoms with Gasteiger partial charge in [-0.05, 0) is 56.8 Å². The molecule has 23 heavy (non-hydrogen) atoms. The maximum absolute atomic E-state index is 13.2. The first-order chi connectivity index (χ1) is 10.6. The molecule has 1 aliphatic carbocycles. The molecule has 3 nitrogen and oxygen atoms in total. The summed E-state index contributed by atoms with van der Waals surface area (Å²) < 4.78 is 13.2. The Kier molecular flexibility index (Phi) is 6.04. The van der Waals surface area contributed by atoms with Crippen LogP contribution in [0.25, 0.3) is 0 Å². The summed E-state index contributed by atoms with van der Waals surface area (Å²) in [6, 6.07) is 7.00. The molecular formula is C18H26ClFN2O. The van der Waals surface area contributed by atoms with Crippen molar-refractivity contribution in [3.63, 3.8) is 0 Å². The molecule has 1 aliphatic heterocycles. The van der Waals surface area contributed by atoms with Gasteiger partial charge in [-0.1, -0.05) is 25.0 Å². The van der Waals surface area contributed by atoms with Crippen LogP contribution in [0.2, 0.25) is 0 Å². The molecule has 1 heterocycles. The first-order valence-corrected chi connectivity index (χ1v) is 8.42. The normalized spacial score (nSPS) is 26.3. The fourth-order valence-corrected chi connectivity index (χ4v) is 3.94. The second-order valence-corrected chi connectivity index (χ2v) is 6.76. The van der Waals surface area contributed by atoms with Crippen molar-refractivity contribution < 1.29 is 9.18 Å². The van der Waals surface area contributed by atoms with Gasteiger partial charge in [-0.25, -0.2) is 4.39 Å². The topological polar surface area (TPSA) is 41.1 Å². The van der Waals surface area contributed by atoms with E-state index >= 15 is 0 Å². The molecule has 2 fully saturated rings. The van der Waals surface area contributed by atoms with Crippen LogP contribution in [0.15, 0.2) is 24.3 Å². The summed E-state index contributed by atoms with van der Waals surface area (Å²) in [5, 5.41) is 6.69. The van der Waals surface area contributed by atoms with Crippen LogP contribution < -0.4 is 10.6 Å². The number of nitrogens with one attached hydrogen (secondary N) is 2. The molecule has 1 aromatic rings. The van der Waals surface area contributed by atoms with Gasteiger partial charge in [0.05, 0.1) is 5.41 Å². The summed E-state index contributed by atoms with van der Waals surface area (Å²) in [5.74, 6) is -0.125. The average molecular weight is 341 g/mol. The van der Waals surface area contributed by atoms with Gasteiger partial charge in [0.25, 0.3) is 0 Å². The van der Waals surface area contributed by atoms with Gasteiger partial charge in [0.2, 0.25) is 5.91 Å². The third-order valence-corrected chi connectivity index (χ3v) is 5.37. The molecule has 2 N–H and O–H groups in total. The second kappa shape index (κ2) is 7.63. The van der Waals surface area contributed by atoms with Crippen molar-refractivity contribution in [1.82, 2.24) is 10.6 Å². The van der Waals surface area contributed by atoms with Gasteiger partial charge in [-0.3, -0.25) is 4.79 Å². The van der Waals surface area contributed by atoms with Crippen LogP contribution >= 0.6 is 12.4 Å². The fourth-order valence-electron chi connectivity index (χ4n) is 3.94. The number of amides is 1. The summed E-state index contributed by atoms with van der Waals surface area (Å²) in [7, 11) is 0. The molecule has 2 unspecified atom stereocenters. The van der Waals surface area contributed by atoms with Gasteiger partial charge < -0.3 is 10.6 Å². The third kappa shape index (κ3) is 3.69. The molecule has 1 aromatic carbocycles. The highest BCUT2D eigenvalue weighted by Crippen LogP contribution is 2.41. The van der Waals surface area contributed by atoms with Crippen LogP contribution in [0.1, 0.15) is 51.0 Å². The average Bonchev–Trinajstić information content (AvgIpc) is 3.01. The van der Waals surface area contributed by atoms with Gasteiger partial charge in [0.1, 0.15) is 5.82 Å². The number of carbonyl (C=O) groups excluding carboxylic acids is 1. The van der Waals surface area contributed by atoms with Crippen molar-refractivity contribution in [2.45, 2.75) is 62.9 Å². The maximum Gasteiger partial charge on any atom is 0.230 e. The number of benzene rings is 1. The number of carbonyl (C=O) groups is 1. The Labute approximate surface area is 143 Å². The van der Waals surface area contributed by atoms with Gasteiger partial charge in [0, 0.05) is 12.1 Å². The molecule has 1 amide bonds. The lowest BCUT2D eigenvalue weighted by molar-refractivity contribution is -0.127. The summed E-state index contributed by atoms with van der Waals surface area (Å²) in [6.07, 6.45) is 5.96. The van der Waals surface area contributed by atoms with Crippen LogP contribution in [0.4, 0.5) is 4.39 Å². The maximum atomic E-state index is 13.2. The summed E-state index contributed by atoms with van der Waals surface area (Å²) in [4.78, 5) is 13.0. The van der Waals surface area contributed by atoms with E-state index in [0.717, 1.165) is 50.6 Å². The van der Waals surface area contributed by atoms with Gasteiger partial charge >= 0.3 is 0 Å². The molecular weight excluding hydrogens is 315 g/mol. The zero-order valence-electron chi connectivity index (χ0n) is 13.6. The summed E-state index contributed by atoms with van der Waals surface area (Å²) in [5.41, 5.74) is 0.491. The van der Waals surface area contributed by atoms with Crippen molar-refractivity contribution >= 4 is 18.3 Å². The van der Waals surface area contributed by atoms with Crippen LogP contribution in [0.5, 0.6) is 0 Å². The van der Waals surface area contributed by atoms with E-state index in [1.807, 2.05) is 0 Å². The highest BCUT2D eigenvalue weighted by atomic mass is 35.5. The molecule has 0 bridgehead atoms. The highest BCUT2D eigenvalue weighted by molar-refractivity contribution is 5.89. The van der Waals surface area contributed by atoms with E-state index in [1.165, 1.54) is 12.1 Å². The molecule has 2 atom stereocenters. The van der Waals surface area contributed by atoms with Crippen LogP contribution in [-0.4, -0.2) is 24.5 Å². The zero-order chi connectivity index (χ0) is 15.6. The van der Waals surface area contributed by atoms with E-state index in [4.69, 9.17) is 0 Å². The van der Waals surface area contributed by atoms with E-state index in [1.54, 1.807) is 12.1 Å². The fraction of sp³-hybridized carbons (Fsp3) is 0.611. The van der Waals surface area contributed by atoms with Gasteiger partial charge in [-0.2, -0.15) is 0 Å². The minimum absolute atomic E-state index is 0. The van der Waals surface area contributed by atoms with Crippen molar-refractivity contribution in [2.24, 2.45) is 0 Å². The lowest BCUT2D eigenvalue weighted by atomic mass is 9.77. The lowest BCUT2D eigenvalue weighted by Crippen LogP contribution is -2.55. The summed E-state index contributed by atoms with van der Waals surface area (Å²) in [6.45, 7) is 3.15. The Morgan fingerprint density at radius 3 is 2.48 bits per heavy atom. The third-order valence-electron chi connectivity index (χ3n) is 5.37. The monoisotopic (exact) mass is 340 g/mol. The Hall–Kier alpha value is -1.13. The Morgan fingerprint density at radius 1 is 1.22 bits per heavy atom. The van der Waals surface area contributed by atoms with Crippen molar-refractivity contribution in [1.29, 1.82) is 0 Å². The van der Waals surface area contributed by atoms with Crippen molar-refractivity contribution in [3.8, 4) is 0 Å². The molecule has 0 spiro atoms. The molecule has 3 rings (SSSR count). The van der Waals surface area contributed by atoms with E-state index in [-0.39, 0.29) is 30.2 Å². The Balaban J connectivity index is 0.00000192. The number of piperidine rings is 1. The molecule has 0 radical (unpaired) electrons. The van der Waals surface area contributed by atoms with E-state index in [2.05, 4.69) is 17.6 Å².